The molecule has 0 radical (unpaired) electrons. The Bertz CT molecular complexity index is 1290. The van der Waals surface area contributed by atoms with E-state index in [1.807, 2.05) is 28.7 Å². The van der Waals surface area contributed by atoms with Gasteiger partial charge in [0.05, 0.1) is 24.0 Å². The third kappa shape index (κ3) is 7.18. The van der Waals surface area contributed by atoms with E-state index in [9.17, 15) is 14.7 Å². The number of phenolic OH excluding ortho intramolecular Hbond substituents is 1. The molecule has 3 aromatic rings. The molecule has 0 fully saturated rings. The summed E-state index contributed by atoms with van der Waals surface area (Å²) in [5.41, 5.74) is 3.67. The van der Waals surface area contributed by atoms with Crippen LogP contribution in [0.15, 0.2) is 71.5 Å². The molecule has 2 amide bonds. The molecule has 0 saturated heterocycles. The van der Waals surface area contributed by atoms with Crippen molar-refractivity contribution in [2.45, 2.75) is 0 Å². The van der Waals surface area contributed by atoms with E-state index < -0.39 is 11.8 Å². The van der Waals surface area contributed by atoms with Gasteiger partial charge in [0.2, 0.25) is 0 Å². The van der Waals surface area contributed by atoms with E-state index >= 15 is 0 Å². The minimum Gasteiger partial charge on any atom is -0.506 e. The van der Waals surface area contributed by atoms with Crippen LogP contribution in [0, 0.1) is 7.14 Å². The lowest BCUT2D eigenvalue weighted by molar-refractivity contribution is -0.117. The zero-order valence-corrected chi connectivity index (χ0v) is 23.0. The van der Waals surface area contributed by atoms with Crippen LogP contribution < -0.4 is 20.2 Å². The topological polar surface area (TPSA) is 109 Å². The molecule has 0 saturated carbocycles. The molecule has 3 rings (SSSR count). The molecule has 0 unspecified atom stereocenters. The van der Waals surface area contributed by atoms with Crippen molar-refractivity contribution < 1.29 is 24.2 Å². The number of benzene rings is 3. The number of rotatable bonds is 8. The van der Waals surface area contributed by atoms with Crippen LogP contribution in [0.4, 0.5) is 0 Å². The van der Waals surface area contributed by atoms with Crippen molar-refractivity contribution in [3.8, 4) is 17.2 Å². The van der Waals surface area contributed by atoms with Gasteiger partial charge in [-0.15, -0.1) is 0 Å². The summed E-state index contributed by atoms with van der Waals surface area (Å²) in [7, 11) is 3.02. The number of methoxy groups -OCH3 is 2. The second-order valence-electron chi connectivity index (χ2n) is 7.01. The Morgan fingerprint density at radius 3 is 2.40 bits per heavy atom. The highest BCUT2D eigenvalue weighted by molar-refractivity contribution is 14.1. The average molecular weight is 697 g/mol. The molecule has 0 aromatic heterocycles. The van der Waals surface area contributed by atoms with Gasteiger partial charge in [0.25, 0.3) is 11.8 Å². The number of hydrogen-bond donors (Lipinski definition) is 3. The summed E-state index contributed by atoms with van der Waals surface area (Å²) in [6.07, 6.45) is 2.80. The summed E-state index contributed by atoms with van der Waals surface area (Å²) >= 11 is 4.14. The normalized spacial score (nSPS) is 11.3. The maximum Gasteiger partial charge on any atom is 0.287 e. The summed E-state index contributed by atoms with van der Waals surface area (Å²) in [6, 6.07) is 17.1. The molecular formula is C25H21I2N3O5. The molecule has 35 heavy (non-hydrogen) atoms. The summed E-state index contributed by atoms with van der Waals surface area (Å²) < 4.78 is 12.2. The van der Waals surface area contributed by atoms with E-state index in [2.05, 4.69) is 38.4 Å². The minimum absolute atomic E-state index is 0.0540. The number of carbonyl (C=O) groups excluding carboxylic acids is 2. The highest BCUT2D eigenvalue weighted by Gasteiger charge is 2.16. The highest BCUT2D eigenvalue weighted by atomic mass is 127. The maximum absolute atomic E-state index is 13.0. The Labute approximate surface area is 229 Å². The molecule has 0 spiro atoms. The fraction of sp³-hybridized carbons (Fsp3) is 0.0800. The Hall–Kier alpha value is -3.13. The number of amides is 2. The van der Waals surface area contributed by atoms with Crippen LogP contribution in [0.25, 0.3) is 6.08 Å². The van der Waals surface area contributed by atoms with Gasteiger partial charge >= 0.3 is 0 Å². The number of halogens is 2. The number of hydrogen-bond acceptors (Lipinski definition) is 6. The third-order valence-electron chi connectivity index (χ3n) is 4.69. The van der Waals surface area contributed by atoms with Gasteiger partial charge in [0.15, 0.2) is 0 Å². The van der Waals surface area contributed by atoms with Gasteiger partial charge in [-0.25, -0.2) is 5.43 Å². The predicted molar refractivity (Wildman–Crippen MR) is 151 cm³/mol. The van der Waals surface area contributed by atoms with Crippen molar-refractivity contribution >= 4 is 69.3 Å². The largest absolute Gasteiger partial charge is 0.506 e. The molecule has 8 nitrogen and oxygen atoms in total. The number of nitrogens with zero attached hydrogens (tertiary/aromatic N) is 1. The van der Waals surface area contributed by atoms with Crippen molar-refractivity contribution in [2.24, 2.45) is 5.10 Å². The summed E-state index contributed by atoms with van der Waals surface area (Å²) in [5, 5.41) is 16.8. The lowest BCUT2D eigenvalue weighted by Gasteiger charge is -2.12. The van der Waals surface area contributed by atoms with E-state index in [4.69, 9.17) is 9.47 Å². The van der Waals surface area contributed by atoms with Gasteiger partial charge in [-0.1, -0.05) is 18.2 Å². The molecular weight excluding hydrogens is 676 g/mol. The van der Waals surface area contributed by atoms with Crippen molar-refractivity contribution in [3.63, 3.8) is 0 Å². The smallest absolute Gasteiger partial charge is 0.287 e. The Morgan fingerprint density at radius 1 is 0.971 bits per heavy atom. The standard InChI is InChI=1S/C25H21I2N3O5/c1-34-19-8-9-22(35-2)16(11-19)12-21(29-24(32)15-6-4-3-5-7-15)25(33)30-28-14-17-10-18(26)13-20(27)23(17)31/h3-14,31H,1-2H3,(H,29,32)(H,30,33)/b21-12-,28-14+. The van der Waals surface area contributed by atoms with Crippen LogP contribution in [-0.2, 0) is 4.79 Å². The van der Waals surface area contributed by atoms with Gasteiger partial charge in [-0.2, -0.15) is 5.10 Å². The molecule has 0 heterocycles. The van der Waals surface area contributed by atoms with Crippen LogP contribution >= 0.6 is 45.2 Å². The SMILES string of the molecule is COc1ccc(OC)c(/C=C(\NC(=O)c2ccccc2)C(=O)N/N=C/c2cc(I)cc(I)c2O)c1. The van der Waals surface area contributed by atoms with E-state index in [-0.39, 0.29) is 11.4 Å². The molecule has 10 heteroatoms. The van der Waals surface area contributed by atoms with E-state index in [1.165, 1.54) is 26.5 Å². The van der Waals surface area contributed by atoms with Crippen molar-refractivity contribution in [3.05, 3.63) is 90.2 Å². The molecule has 3 N–H and O–H groups in total. The number of phenols is 1. The molecule has 0 bridgehead atoms. The predicted octanol–water partition coefficient (Wildman–Crippen LogP) is 4.54. The molecule has 0 atom stereocenters. The number of nitrogens with one attached hydrogen (secondary N) is 2. The van der Waals surface area contributed by atoms with Gasteiger partial charge in [-0.05, 0) is 93.7 Å². The maximum atomic E-state index is 13.0. The van der Waals surface area contributed by atoms with Crippen molar-refractivity contribution in [1.29, 1.82) is 0 Å². The van der Waals surface area contributed by atoms with Crippen LogP contribution in [0.5, 0.6) is 17.2 Å². The van der Waals surface area contributed by atoms with E-state index in [0.717, 1.165) is 3.57 Å². The lowest BCUT2D eigenvalue weighted by atomic mass is 10.1. The van der Waals surface area contributed by atoms with Gasteiger partial charge < -0.3 is 19.9 Å². The average Bonchev–Trinajstić information content (AvgIpc) is 2.86. The number of aromatic hydroxyl groups is 1. The minimum atomic E-state index is -0.671. The number of ether oxygens (including phenoxy) is 2. The third-order valence-corrected chi connectivity index (χ3v) is 6.14. The zero-order valence-electron chi connectivity index (χ0n) is 18.7. The first-order chi connectivity index (χ1) is 16.8. The van der Waals surface area contributed by atoms with Crippen LogP contribution in [0.3, 0.4) is 0 Å². The fourth-order valence-electron chi connectivity index (χ4n) is 2.96. The Balaban J connectivity index is 1.93. The Morgan fingerprint density at radius 2 is 1.71 bits per heavy atom. The molecule has 180 valence electrons. The van der Waals surface area contributed by atoms with Crippen molar-refractivity contribution in [2.75, 3.05) is 14.2 Å². The molecule has 3 aromatic carbocycles. The first-order valence-electron chi connectivity index (χ1n) is 10.1. The number of hydrazone groups is 1. The van der Waals surface area contributed by atoms with Crippen molar-refractivity contribution in [1.82, 2.24) is 10.7 Å². The summed E-state index contributed by atoms with van der Waals surface area (Å²) in [6.45, 7) is 0. The van der Waals surface area contributed by atoms with Crippen LogP contribution in [-0.4, -0.2) is 37.4 Å². The van der Waals surface area contributed by atoms with E-state index in [0.29, 0.717) is 31.8 Å². The van der Waals surface area contributed by atoms with Gasteiger partial charge in [0.1, 0.15) is 22.9 Å². The fourth-order valence-corrected chi connectivity index (χ4v) is 4.84. The monoisotopic (exact) mass is 697 g/mol. The second-order valence-corrected chi connectivity index (χ2v) is 9.42. The number of carbonyl (C=O) groups is 2. The molecule has 0 aliphatic carbocycles. The second kappa shape index (κ2) is 12.5. The quantitative estimate of drug-likeness (QED) is 0.139. The van der Waals surface area contributed by atoms with Crippen LogP contribution in [0.2, 0.25) is 0 Å². The first-order valence-corrected chi connectivity index (χ1v) is 12.3. The lowest BCUT2D eigenvalue weighted by Crippen LogP contribution is -2.32. The van der Waals surface area contributed by atoms with Gasteiger partial charge in [-0.3, -0.25) is 9.59 Å². The Kier molecular flexibility index (Phi) is 9.48. The molecule has 0 aliphatic rings. The van der Waals surface area contributed by atoms with E-state index in [1.54, 1.807) is 54.6 Å². The highest BCUT2D eigenvalue weighted by Crippen LogP contribution is 2.27. The zero-order chi connectivity index (χ0) is 25.4. The first kappa shape index (κ1) is 26.5. The summed E-state index contributed by atoms with van der Waals surface area (Å²) in [5.74, 6) is -0.0592. The van der Waals surface area contributed by atoms with Gasteiger partial charge in [0, 0.05) is 20.3 Å². The molecule has 0 aliphatic heterocycles. The van der Waals surface area contributed by atoms with Crippen LogP contribution in [0.1, 0.15) is 21.5 Å². The summed E-state index contributed by atoms with van der Waals surface area (Å²) in [4.78, 5) is 25.8.